The fraction of sp³-hybridized carbons (Fsp3) is 0.400. The Labute approximate surface area is 82.2 Å². The van der Waals surface area contributed by atoms with Gasteiger partial charge in [-0.3, -0.25) is 0 Å². The predicted octanol–water partition coefficient (Wildman–Crippen LogP) is 2.31. The maximum Gasteiger partial charge on any atom is 0.114 e. The summed E-state index contributed by atoms with van der Waals surface area (Å²) in [5.74, 6) is 1.07. The highest BCUT2D eigenvalue weighted by Crippen LogP contribution is 2.27. The van der Waals surface area contributed by atoms with Crippen molar-refractivity contribution < 1.29 is 4.74 Å². The number of likely N-dealkylation sites (N-methyl/N-ethyl adjacent to an activating group) is 1. The molecule has 3 heteroatoms. The molecule has 0 aromatic carbocycles. The highest BCUT2D eigenvalue weighted by molar-refractivity contribution is 7.07. The molecule has 1 unspecified atom stereocenters. The van der Waals surface area contributed by atoms with E-state index in [1.54, 1.807) is 11.3 Å². The smallest absolute Gasteiger partial charge is 0.114 e. The monoisotopic (exact) mass is 195 g/mol. The molecule has 2 nitrogen and oxygen atoms in total. The molecular weight excluding hydrogens is 182 g/mol. The van der Waals surface area contributed by atoms with Crippen molar-refractivity contribution in [3.8, 4) is 0 Å². The summed E-state index contributed by atoms with van der Waals surface area (Å²) in [6.45, 7) is 0.831. The van der Waals surface area contributed by atoms with Gasteiger partial charge in [-0.05, 0) is 35.5 Å². The van der Waals surface area contributed by atoms with Gasteiger partial charge in [-0.2, -0.15) is 11.3 Å². The Bertz CT molecular complexity index is 292. The van der Waals surface area contributed by atoms with Crippen LogP contribution >= 0.6 is 11.3 Å². The molecule has 1 aromatic rings. The van der Waals surface area contributed by atoms with E-state index < -0.39 is 0 Å². The highest BCUT2D eigenvalue weighted by atomic mass is 32.1. The lowest BCUT2D eigenvalue weighted by Gasteiger charge is -2.15. The molecule has 1 aromatic heterocycles. The lowest BCUT2D eigenvalue weighted by molar-refractivity contribution is 0.218. The molecule has 0 radical (unpaired) electrons. The van der Waals surface area contributed by atoms with Crippen LogP contribution in [-0.4, -0.2) is 13.7 Å². The summed E-state index contributed by atoms with van der Waals surface area (Å²) in [5, 5.41) is 7.51. The molecule has 1 N–H and O–H groups in total. The minimum atomic E-state index is 0.244. The van der Waals surface area contributed by atoms with Crippen molar-refractivity contribution in [2.45, 2.75) is 12.5 Å². The quantitative estimate of drug-likeness (QED) is 0.799. The molecule has 2 rings (SSSR count). The maximum atomic E-state index is 5.53. The largest absolute Gasteiger partial charge is 0.496 e. The first-order chi connectivity index (χ1) is 6.42. The zero-order chi connectivity index (χ0) is 9.10. The van der Waals surface area contributed by atoms with Crippen molar-refractivity contribution in [3.63, 3.8) is 0 Å². The van der Waals surface area contributed by atoms with Gasteiger partial charge in [-0.25, -0.2) is 0 Å². The Morgan fingerprint density at radius 1 is 1.62 bits per heavy atom. The van der Waals surface area contributed by atoms with Gasteiger partial charge in [-0.1, -0.05) is 0 Å². The first-order valence-corrected chi connectivity index (χ1v) is 5.38. The third-order valence-corrected chi connectivity index (χ3v) is 2.88. The van der Waals surface area contributed by atoms with Crippen molar-refractivity contribution in [2.24, 2.45) is 0 Å². The van der Waals surface area contributed by atoms with Crippen LogP contribution in [0.2, 0.25) is 0 Å². The van der Waals surface area contributed by atoms with Gasteiger partial charge in [0, 0.05) is 6.42 Å². The van der Waals surface area contributed by atoms with Crippen LogP contribution < -0.4 is 5.32 Å². The number of nitrogens with one attached hydrogen (secondary N) is 1. The van der Waals surface area contributed by atoms with Crippen LogP contribution in [0.5, 0.6) is 0 Å². The Hall–Kier alpha value is -0.800. The first kappa shape index (κ1) is 8.78. The van der Waals surface area contributed by atoms with E-state index in [0.717, 1.165) is 18.8 Å². The van der Waals surface area contributed by atoms with Gasteiger partial charge in [0.05, 0.1) is 12.6 Å². The molecule has 0 aliphatic carbocycles. The van der Waals surface area contributed by atoms with Crippen LogP contribution in [0.3, 0.4) is 0 Å². The summed E-state index contributed by atoms with van der Waals surface area (Å²) >= 11 is 1.72. The van der Waals surface area contributed by atoms with Gasteiger partial charge in [-0.15, -0.1) is 0 Å². The van der Waals surface area contributed by atoms with E-state index in [1.165, 1.54) is 5.56 Å². The van der Waals surface area contributed by atoms with Gasteiger partial charge in [0.25, 0.3) is 0 Å². The van der Waals surface area contributed by atoms with Crippen molar-refractivity contribution in [1.29, 1.82) is 0 Å². The summed E-state index contributed by atoms with van der Waals surface area (Å²) in [5.41, 5.74) is 1.29. The van der Waals surface area contributed by atoms with Crippen molar-refractivity contribution in [1.82, 2.24) is 5.32 Å². The van der Waals surface area contributed by atoms with Crippen molar-refractivity contribution >= 4 is 11.3 Å². The summed E-state index contributed by atoms with van der Waals surface area (Å²) < 4.78 is 5.53. The fourth-order valence-electron chi connectivity index (χ4n) is 1.55. The molecule has 1 atom stereocenters. The minimum Gasteiger partial charge on any atom is -0.496 e. The Morgan fingerprint density at radius 2 is 2.54 bits per heavy atom. The minimum absolute atomic E-state index is 0.244. The number of thiophene rings is 1. The number of ether oxygens (including phenoxy) is 1. The third-order valence-electron chi connectivity index (χ3n) is 2.18. The van der Waals surface area contributed by atoms with E-state index >= 15 is 0 Å². The molecule has 2 heterocycles. The Kier molecular flexibility index (Phi) is 2.66. The van der Waals surface area contributed by atoms with Crippen molar-refractivity contribution in [2.75, 3.05) is 13.7 Å². The zero-order valence-corrected chi connectivity index (χ0v) is 8.43. The number of rotatable bonds is 3. The average Bonchev–Trinajstić information content (AvgIpc) is 2.76. The van der Waals surface area contributed by atoms with Crippen LogP contribution in [-0.2, 0) is 4.74 Å². The fourth-order valence-corrected chi connectivity index (χ4v) is 2.24. The molecule has 0 bridgehead atoms. The van der Waals surface area contributed by atoms with Crippen LogP contribution in [0.1, 0.15) is 18.0 Å². The summed E-state index contributed by atoms with van der Waals surface area (Å²) in [4.78, 5) is 0. The van der Waals surface area contributed by atoms with E-state index in [-0.39, 0.29) is 6.04 Å². The second-order valence-corrected chi connectivity index (χ2v) is 3.80. The van der Waals surface area contributed by atoms with E-state index in [1.807, 2.05) is 7.05 Å². The second-order valence-electron chi connectivity index (χ2n) is 3.02. The van der Waals surface area contributed by atoms with E-state index in [4.69, 9.17) is 4.74 Å². The van der Waals surface area contributed by atoms with E-state index in [9.17, 15) is 0 Å². The van der Waals surface area contributed by atoms with Gasteiger partial charge < -0.3 is 10.1 Å². The summed E-state index contributed by atoms with van der Waals surface area (Å²) in [7, 11) is 1.96. The Balaban J connectivity index is 2.18. The molecule has 70 valence electrons. The van der Waals surface area contributed by atoms with Gasteiger partial charge in [0.2, 0.25) is 0 Å². The normalized spacial score (nSPS) is 18.1. The molecule has 13 heavy (non-hydrogen) atoms. The average molecular weight is 195 g/mol. The van der Waals surface area contributed by atoms with Crippen molar-refractivity contribution in [3.05, 3.63) is 34.2 Å². The summed E-state index contributed by atoms with van der Waals surface area (Å²) in [6, 6.07) is 2.38. The number of hydrogen-bond acceptors (Lipinski definition) is 3. The predicted molar refractivity (Wildman–Crippen MR) is 54.8 cm³/mol. The molecule has 0 saturated carbocycles. The Morgan fingerprint density at radius 3 is 3.08 bits per heavy atom. The van der Waals surface area contributed by atoms with Gasteiger partial charge in [0.15, 0.2) is 0 Å². The van der Waals surface area contributed by atoms with Gasteiger partial charge >= 0.3 is 0 Å². The standard InChI is InChI=1S/C10H13NOS/c1-11-10(8-4-6-13-7-8)9-3-2-5-12-9/h3-4,6-7,10-11H,2,5H2,1H3. The molecule has 0 fully saturated rings. The third kappa shape index (κ3) is 1.76. The van der Waals surface area contributed by atoms with Gasteiger partial charge in [0.1, 0.15) is 5.76 Å². The highest BCUT2D eigenvalue weighted by Gasteiger charge is 2.18. The molecule has 0 amide bonds. The molecule has 0 saturated heterocycles. The second kappa shape index (κ2) is 3.94. The zero-order valence-electron chi connectivity index (χ0n) is 7.62. The van der Waals surface area contributed by atoms with Crippen LogP contribution in [0.15, 0.2) is 28.7 Å². The lowest BCUT2D eigenvalue weighted by Crippen LogP contribution is -2.18. The molecule has 1 aliphatic rings. The molecular formula is C10H13NOS. The van der Waals surface area contributed by atoms with E-state index in [2.05, 4.69) is 28.2 Å². The van der Waals surface area contributed by atoms with Crippen LogP contribution in [0.4, 0.5) is 0 Å². The van der Waals surface area contributed by atoms with Crippen LogP contribution in [0.25, 0.3) is 0 Å². The topological polar surface area (TPSA) is 21.3 Å². The first-order valence-electron chi connectivity index (χ1n) is 4.44. The lowest BCUT2D eigenvalue weighted by atomic mass is 10.1. The molecule has 0 spiro atoms. The molecule has 1 aliphatic heterocycles. The maximum absolute atomic E-state index is 5.53. The SMILES string of the molecule is CNC(C1=CCCO1)c1ccsc1. The summed E-state index contributed by atoms with van der Waals surface area (Å²) in [6.07, 6.45) is 3.20. The van der Waals surface area contributed by atoms with E-state index in [0.29, 0.717) is 0 Å². The van der Waals surface area contributed by atoms with Crippen LogP contribution in [0, 0.1) is 0 Å². The number of hydrogen-bond donors (Lipinski definition) is 1.